The molecule has 1 aliphatic rings. The van der Waals surface area contributed by atoms with Crippen LogP contribution in [0, 0.1) is 6.92 Å². The van der Waals surface area contributed by atoms with Crippen LogP contribution in [0.4, 0.5) is 0 Å². The predicted molar refractivity (Wildman–Crippen MR) is 71.1 cm³/mol. The van der Waals surface area contributed by atoms with Gasteiger partial charge in [0.15, 0.2) is 15.6 Å². The van der Waals surface area contributed by atoms with Gasteiger partial charge in [0.2, 0.25) is 0 Å². The molecule has 18 heavy (non-hydrogen) atoms. The van der Waals surface area contributed by atoms with Crippen LogP contribution in [0.3, 0.4) is 0 Å². The number of carbonyl (C=O) groups excluding carboxylic acids is 1. The van der Waals surface area contributed by atoms with Gasteiger partial charge in [0.1, 0.15) is 5.25 Å². The highest BCUT2D eigenvalue weighted by Gasteiger charge is 2.34. The zero-order valence-corrected chi connectivity index (χ0v) is 11.4. The minimum Gasteiger partial charge on any atom is -0.298 e. The maximum Gasteiger partial charge on any atom is 0.164 e. The molecule has 0 amide bonds. The summed E-state index contributed by atoms with van der Waals surface area (Å²) in [5.74, 6) is -0.120. The van der Waals surface area contributed by atoms with Gasteiger partial charge in [0, 0.05) is 6.42 Å². The summed E-state index contributed by atoms with van der Waals surface area (Å²) >= 11 is 0. The molecule has 1 aromatic rings. The molecule has 1 fully saturated rings. The Bertz CT molecular complexity index is 546. The van der Waals surface area contributed by atoms with Crippen molar-refractivity contribution in [3.05, 3.63) is 35.4 Å². The Balaban J connectivity index is 2.22. The lowest BCUT2D eigenvalue weighted by atomic mass is 9.99. The number of aryl methyl sites for hydroxylation is 1. The number of carbonyl (C=O) groups is 1. The van der Waals surface area contributed by atoms with Gasteiger partial charge in [0.25, 0.3) is 0 Å². The van der Waals surface area contributed by atoms with Crippen molar-refractivity contribution in [3.8, 4) is 0 Å². The normalized spacial score (nSPS) is 20.9. The predicted octanol–water partition coefficient (Wildman–Crippen LogP) is 2.42. The summed E-state index contributed by atoms with van der Waals surface area (Å²) in [6.07, 6.45) is 2.57. The van der Waals surface area contributed by atoms with Crippen molar-refractivity contribution in [2.75, 3.05) is 0 Å². The molecular formula is C14H18O3S. The van der Waals surface area contributed by atoms with Crippen molar-refractivity contribution < 1.29 is 13.2 Å². The molecule has 0 saturated heterocycles. The minimum absolute atomic E-state index is 0.0178. The SMILES string of the molecule is Cc1ccccc1CS(=O)(=O)C1CCCCC1=O. The Morgan fingerprint density at radius 2 is 1.94 bits per heavy atom. The standard InChI is InChI=1S/C14H18O3S/c1-11-6-2-3-7-12(11)10-18(16,17)14-9-5-4-8-13(14)15/h2-3,6-7,14H,4-5,8-10H2,1H3. The minimum atomic E-state index is -3.36. The topological polar surface area (TPSA) is 51.2 Å². The summed E-state index contributed by atoms with van der Waals surface area (Å²) in [5.41, 5.74) is 1.76. The smallest absolute Gasteiger partial charge is 0.164 e. The van der Waals surface area contributed by atoms with E-state index < -0.39 is 15.1 Å². The van der Waals surface area contributed by atoms with E-state index in [0.29, 0.717) is 12.8 Å². The Hall–Kier alpha value is -1.16. The van der Waals surface area contributed by atoms with Crippen LogP contribution in [-0.4, -0.2) is 19.5 Å². The first-order valence-corrected chi connectivity index (χ1v) is 8.01. The van der Waals surface area contributed by atoms with E-state index in [0.717, 1.165) is 24.0 Å². The number of sulfone groups is 1. The van der Waals surface area contributed by atoms with E-state index in [-0.39, 0.29) is 11.5 Å². The number of benzene rings is 1. The van der Waals surface area contributed by atoms with Gasteiger partial charge in [0.05, 0.1) is 5.75 Å². The highest BCUT2D eigenvalue weighted by Crippen LogP contribution is 2.24. The van der Waals surface area contributed by atoms with E-state index in [4.69, 9.17) is 0 Å². The van der Waals surface area contributed by atoms with Crippen LogP contribution < -0.4 is 0 Å². The van der Waals surface area contributed by atoms with Crippen molar-refractivity contribution >= 4 is 15.6 Å². The monoisotopic (exact) mass is 266 g/mol. The van der Waals surface area contributed by atoms with Crippen LogP contribution in [0.15, 0.2) is 24.3 Å². The molecule has 0 N–H and O–H groups in total. The van der Waals surface area contributed by atoms with Gasteiger partial charge in [-0.15, -0.1) is 0 Å². The average Bonchev–Trinajstić information content (AvgIpc) is 2.32. The molecule has 0 aromatic heterocycles. The zero-order valence-electron chi connectivity index (χ0n) is 10.6. The van der Waals surface area contributed by atoms with Crippen LogP contribution in [0.5, 0.6) is 0 Å². The lowest BCUT2D eigenvalue weighted by molar-refractivity contribution is -0.119. The van der Waals surface area contributed by atoms with E-state index in [9.17, 15) is 13.2 Å². The molecule has 0 spiro atoms. The van der Waals surface area contributed by atoms with E-state index in [1.54, 1.807) is 0 Å². The third-order valence-electron chi connectivity index (χ3n) is 3.55. The fourth-order valence-corrected chi connectivity index (χ4v) is 4.42. The van der Waals surface area contributed by atoms with Crippen molar-refractivity contribution in [1.29, 1.82) is 0 Å². The van der Waals surface area contributed by atoms with Crippen molar-refractivity contribution in [2.45, 2.75) is 43.6 Å². The number of Topliss-reactive ketones (excluding diaryl/α,β-unsaturated/α-hetero) is 1. The van der Waals surface area contributed by atoms with Gasteiger partial charge in [-0.25, -0.2) is 8.42 Å². The second kappa shape index (κ2) is 5.22. The average molecular weight is 266 g/mol. The number of hydrogen-bond donors (Lipinski definition) is 0. The van der Waals surface area contributed by atoms with Gasteiger partial charge in [-0.05, 0) is 30.9 Å². The van der Waals surface area contributed by atoms with Crippen LogP contribution in [0.1, 0.15) is 36.8 Å². The van der Waals surface area contributed by atoms with Crippen LogP contribution >= 0.6 is 0 Å². The van der Waals surface area contributed by atoms with Crippen molar-refractivity contribution in [2.24, 2.45) is 0 Å². The summed E-state index contributed by atoms with van der Waals surface area (Å²) < 4.78 is 24.6. The zero-order chi connectivity index (χ0) is 13.2. The molecule has 2 rings (SSSR count). The molecule has 1 aromatic carbocycles. The molecule has 4 heteroatoms. The number of hydrogen-bond acceptors (Lipinski definition) is 3. The first-order chi connectivity index (χ1) is 8.50. The fraction of sp³-hybridized carbons (Fsp3) is 0.500. The van der Waals surface area contributed by atoms with Gasteiger partial charge in [-0.2, -0.15) is 0 Å². The second-order valence-corrected chi connectivity index (χ2v) is 7.12. The van der Waals surface area contributed by atoms with E-state index >= 15 is 0 Å². The van der Waals surface area contributed by atoms with Crippen LogP contribution in [-0.2, 0) is 20.4 Å². The van der Waals surface area contributed by atoms with E-state index in [1.165, 1.54) is 0 Å². The Morgan fingerprint density at radius 3 is 2.61 bits per heavy atom. The first kappa shape index (κ1) is 13.3. The van der Waals surface area contributed by atoms with Gasteiger partial charge in [-0.3, -0.25) is 4.79 Å². The Morgan fingerprint density at radius 1 is 1.22 bits per heavy atom. The highest BCUT2D eigenvalue weighted by atomic mass is 32.2. The molecule has 0 bridgehead atoms. The Kier molecular flexibility index (Phi) is 3.85. The molecule has 0 heterocycles. The maximum absolute atomic E-state index is 12.3. The third kappa shape index (κ3) is 2.80. The van der Waals surface area contributed by atoms with Crippen LogP contribution in [0.2, 0.25) is 0 Å². The maximum atomic E-state index is 12.3. The molecule has 1 unspecified atom stereocenters. The third-order valence-corrected chi connectivity index (χ3v) is 5.63. The van der Waals surface area contributed by atoms with E-state index in [1.807, 2.05) is 31.2 Å². The molecule has 0 radical (unpaired) electrons. The summed E-state index contributed by atoms with van der Waals surface area (Å²) in [4.78, 5) is 11.7. The molecule has 1 saturated carbocycles. The number of ketones is 1. The second-order valence-electron chi connectivity index (χ2n) is 4.93. The van der Waals surface area contributed by atoms with Crippen LogP contribution in [0.25, 0.3) is 0 Å². The van der Waals surface area contributed by atoms with Gasteiger partial charge >= 0.3 is 0 Å². The summed E-state index contributed by atoms with van der Waals surface area (Å²) in [5, 5.41) is -0.772. The summed E-state index contributed by atoms with van der Waals surface area (Å²) in [6.45, 7) is 1.90. The largest absolute Gasteiger partial charge is 0.298 e. The molecule has 98 valence electrons. The Labute approximate surface area is 108 Å². The van der Waals surface area contributed by atoms with Gasteiger partial charge < -0.3 is 0 Å². The molecule has 3 nitrogen and oxygen atoms in total. The fourth-order valence-electron chi connectivity index (χ4n) is 2.42. The molecular weight excluding hydrogens is 248 g/mol. The van der Waals surface area contributed by atoms with Crippen molar-refractivity contribution in [1.82, 2.24) is 0 Å². The van der Waals surface area contributed by atoms with E-state index in [2.05, 4.69) is 0 Å². The van der Waals surface area contributed by atoms with Gasteiger partial charge in [-0.1, -0.05) is 30.7 Å². The molecule has 0 aliphatic heterocycles. The molecule has 1 atom stereocenters. The highest BCUT2D eigenvalue weighted by molar-refractivity contribution is 7.92. The quantitative estimate of drug-likeness (QED) is 0.844. The number of rotatable bonds is 3. The lowest BCUT2D eigenvalue weighted by Crippen LogP contribution is -2.34. The lowest BCUT2D eigenvalue weighted by Gasteiger charge is -2.21. The van der Waals surface area contributed by atoms with Crippen molar-refractivity contribution in [3.63, 3.8) is 0 Å². The first-order valence-electron chi connectivity index (χ1n) is 6.29. The molecule has 1 aliphatic carbocycles. The summed E-state index contributed by atoms with van der Waals surface area (Å²) in [6, 6.07) is 7.44. The summed E-state index contributed by atoms with van der Waals surface area (Å²) in [7, 11) is -3.36.